The van der Waals surface area contributed by atoms with Crippen molar-refractivity contribution >= 4 is 50.1 Å². The lowest BCUT2D eigenvalue weighted by molar-refractivity contribution is -0.117. The molecule has 7 heteroatoms. The zero-order valence-corrected chi connectivity index (χ0v) is 25.0. The Morgan fingerprint density at radius 2 is 1.59 bits per heavy atom. The first kappa shape index (κ1) is 26.5. The van der Waals surface area contributed by atoms with Crippen LogP contribution in [0.2, 0.25) is 0 Å². The maximum Gasteiger partial charge on any atom is 0.174 e. The molecule has 37 heavy (non-hydrogen) atoms. The number of carbonyl (C=O) groups is 2. The van der Waals surface area contributed by atoms with E-state index in [4.69, 9.17) is 9.47 Å². The van der Waals surface area contributed by atoms with Crippen LogP contribution < -0.4 is 9.47 Å². The smallest absolute Gasteiger partial charge is 0.174 e. The number of hydrogen-bond donors (Lipinski definition) is 0. The molecule has 0 saturated carbocycles. The summed E-state index contributed by atoms with van der Waals surface area (Å²) in [6.45, 7) is 5.72. The van der Waals surface area contributed by atoms with Crippen LogP contribution in [0.1, 0.15) is 69.4 Å². The number of carbonyl (C=O) groups excluding carboxylic acids is 2. The van der Waals surface area contributed by atoms with Crippen molar-refractivity contribution in [1.82, 2.24) is 4.90 Å². The Hall–Kier alpha value is -2.13. The van der Waals surface area contributed by atoms with Crippen LogP contribution in [0, 0.1) is 3.57 Å². The normalized spacial score (nSPS) is 18.2. The largest absolute Gasteiger partial charge is 0.490 e. The number of Topliss-reactive ketones (excluding diaryl/α,β-unsaturated/α-hetero) is 2. The standard InChI is InChI=1S/C30H31BrINO4/c1-3-33-22-11-7-13-24(34)28(22)27(29-23(33)12-8-14-25(29)35)19-15-21(32)30(26(16-19)36-4-2)37-17-18-9-5-6-10-20(18)31/h5-6,9-10,15-16,27H,3-4,7-8,11-14,17H2,1-2H3. The molecule has 0 bridgehead atoms. The van der Waals surface area contributed by atoms with Crippen molar-refractivity contribution in [2.45, 2.75) is 64.9 Å². The van der Waals surface area contributed by atoms with Gasteiger partial charge in [0.15, 0.2) is 23.1 Å². The topological polar surface area (TPSA) is 55.8 Å². The first-order chi connectivity index (χ1) is 17.9. The van der Waals surface area contributed by atoms with Gasteiger partial charge in [0.2, 0.25) is 0 Å². The zero-order valence-electron chi connectivity index (χ0n) is 21.2. The van der Waals surface area contributed by atoms with E-state index in [9.17, 15) is 9.59 Å². The Morgan fingerprint density at radius 1 is 0.946 bits per heavy atom. The lowest BCUT2D eigenvalue weighted by Gasteiger charge is -2.43. The minimum atomic E-state index is -0.349. The fourth-order valence-corrected chi connectivity index (χ4v) is 7.03. The highest BCUT2D eigenvalue weighted by atomic mass is 127. The average Bonchev–Trinajstić information content (AvgIpc) is 2.88. The molecule has 0 radical (unpaired) electrons. The molecule has 194 valence electrons. The van der Waals surface area contributed by atoms with E-state index in [2.05, 4.69) is 56.4 Å². The van der Waals surface area contributed by atoms with Gasteiger partial charge in [0.05, 0.1) is 10.2 Å². The summed E-state index contributed by atoms with van der Waals surface area (Å²) in [5.41, 5.74) is 5.81. The summed E-state index contributed by atoms with van der Waals surface area (Å²) in [5, 5.41) is 0. The Labute approximate surface area is 240 Å². The highest BCUT2D eigenvalue weighted by Gasteiger charge is 2.43. The Kier molecular flexibility index (Phi) is 8.10. The van der Waals surface area contributed by atoms with E-state index in [1.54, 1.807) is 0 Å². The van der Waals surface area contributed by atoms with Gasteiger partial charge in [0, 0.05) is 57.9 Å². The number of rotatable bonds is 7. The summed E-state index contributed by atoms with van der Waals surface area (Å²) in [7, 11) is 0. The number of allylic oxidation sites excluding steroid dienone is 4. The van der Waals surface area contributed by atoms with Crippen molar-refractivity contribution in [3.63, 3.8) is 0 Å². The molecule has 5 nitrogen and oxygen atoms in total. The molecule has 1 aliphatic heterocycles. The van der Waals surface area contributed by atoms with Gasteiger partial charge in [-0.15, -0.1) is 0 Å². The maximum atomic E-state index is 13.4. The fourth-order valence-electron chi connectivity index (χ4n) is 5.85. The summed E-state index contributed by atoms with van der Waals surface area (Å²) in [4.78, 5) is 29.1. The van der Waals surface area contributed by atoms with Gasteiger partial charge in [-0.05, 0) is 85.9 Å². The summed E-state index contributed by atoms with van der Waals surface area (Å²) in [5.74, 6) is 1.30. The third-order valence-electron chi connectivity index (χ3n) is 7.40. The van der Waals surface area contributed by atoms with Crippen LogP contribution in [0.4, 0.5) is 0 Å². The van der Waals surface area contributed by atoms with Crippen molar-refractivity contribution < 1.29 is 19.1 Å². The number of hydrogen-bond acceptors (Lipinski definition) is 5. The van der Waals surface area contributed by atoms with E-state index in [0.717, 1.165) is 73.9 Å². The molecule has 0 aromatic heterocycles. The van der Waals surface area contributed by atoms with Gasteiger partial charge in [-0.2, -0.15) is 0 Å². The van der Waals surface area contributed by atoms with Crippen LogP contribution in [0.5, 0.6) is 11.5 Å². The highest BCUT2D eigenvalue weighted by molar-refractivity contribution is 14.1. The van der Waals surface area contributed by atoms with Crippen LogP contribution >= 0.6 is 38.5 Å². The molecule has 0 N–H and O–H groups in total. The first-order valence-electron chi connectivity index (χ1n) is 13.1. The molecule has 2 aliphatic carbocycles. The van der Waals surface area contributed by atoms with Crippen LogP contribution in [-0.4, -0.2) is 29.6 Å². The number of ether oxygens (including phenoxy) is 2. The second-order valence-corrected chi connectivity index (χ2v) is 11.6. The predicted octanol–water partition coefficient (Wildman–Crippen LogP) is 7.46. The van der Waals surface area contributed by atoms with Gasteiger partial charge < -0.3 is 14.4 Å². The van der Waals surface area contributed by atoms with E-state index in [1.165, 1.54) is 0 Å². The molecule has 0 unspecified atom stereocenters. The van der Waals surface area contributed by atoms with Crippen molar-refractivity contribution in [2.75, 3.05) is 13.2 Å². The van der Waals surface area contributed by atoms with E-state index < -0.39 is 0 Å². The Bertz CT molecular complexity index is 1270. The van der Waals surface area contributed by atoms with E-state index >= 15 is 0 Å². The third-order valence-corrected chi connectivity index (χ3v) is 8.97. The lowest BCUT2D eigenvalue weighted by Crippen LogP contribution is -2.39. The predicted molar refractivity (Wildman–Crippen MR) is 156 cm³/mol. The third kappa shape index (κ3) is 5.01. The minimum absolute atomic E-state index is 0.164. The molecule has 5 rings (SSSR count). The zero-order chi connectivity index (χ0) is 26.1. The molecule has 0 atom stereocenters. The highest BCUT2D eigenvalue weighted by Crippen LogP contribution is 2.50. The van der Waals surface area contributed by atoms with Gasteiger partial charge >= 0.3 is 0 Å². The van der Waals surface area contributed by atoms with Gasteiger partial charge in [-0.25, -0.2) is 0 Å². The number of halogens is 2. The van der Waals surface area contributed by atoms with Gasteiger partial charge in [0.1, 0.15) is 6.61 Å². The lowest BCUT2D eigenvalue weighted by atomic mass is 9.71. The summed E-state index contributed by atoms with van der Waals surface area (Å²) in [6.07, 6.45) is 4.54. The first-order valence-corrected chi connectivity index (χ1v) is 14.9. The molecule has 0 fully saturated rings. The van der Waals surface area contributed by atoms with Crippen molar-refractivity contribution in [3.05, 3.63) is 78.1 Å². The Balaban J connectivity index is 1.62. The van der Waals surface area contributed by atoms with Crippen molar-refractivity contribution in [3.8, 4) is 11.5 Å². The summed E-state index contributed by atoms with van der Waals surface area (Å²) < 4.78 is 14.3. The number of nitrogens with zero attached hydrogens (tertiary/aromatic N) is 1. The SMILES string of the molecule is CCOc1cc(C2C3=C(CCCC3=O)N(CC)C3=C2C(=O)CCC3)cc(I)c1OCc1ccccc1Br. The minimum Gasteiger partial charge on any atom is -0.490 e. The molecule has 0 amide bonds. The van der Waals surface area contributed by atoms with Crippen LogP contribution in [0.25, 0.3) is 0 Å². The molecule has 2 aromatic carbocycles. The van der Waals surface area contributed by atoms with Gasteiger partial charge in [0.25, 0.3) is 0 Å². The molecule has 0 saturated heterocycles. The van der Waals surface area contributed by atoms with Crippen LogP contribution in [0.15, 0.2) is 63.4 Å². The van der Waals surface area contributed by atoms with Crippen molar-refractivity contribution in [2.24, 2.45) is 0 Å². The summed E-state index contributed by atoms with van der Waals surface area (Å²) >= 11 is 5.88. The number of ketones is 2. The second-order valence-electron chi connectivity index (χ2n) is 9.59. The van der Waals surface area contributed by atoms with Crippen LogP contribution in [0.3, 0.4) is 0 Å². The van der Waals surface area contributed by atoms with Crippen LogP contribution in [-0.2, 0) is 16.2 Å². The van der Waals surface area contributed by atoms with E-state index in [-0.39, 0.29) is 17.5 Å². The molecule has 3 aliphatic rings. The number of benzene rings is 2. The molecule has 1 heterocycles. The van der Waals surface area contributed by atoms with Crippen molar-refractivity contribution in [1.29, 1.82) is 0 Å². The fraction of sp³-hybridized carbons (Fsp3) is 0.400. The second kappa shape index (κ2) is 11.3. The van der Waals surface area contributed by atoms with E-state index in [1.807, 2.05) is 37.3 Å². The molecule has 0 spiro atoms. The maximum absolute atomic E-state index is 13.4. The quantitative estimate of drug-likeness (QED) is 0.285. The molecular formula is C30H31BrINO4. The molecule has 2 aromatic rings. The van der Waals surface area contributed by atoms with E-state index in [0.29, 0.717) is 37.6 Å². The molecular weight excluding hydrogens is 645 g/mol. The monoisotopic (exact) mass is 675 g/mol. The van der Waals surface area contributed by atoms with Gasteiger partial charge in [-0.1, -0.05) is 34.1 Å². The van der Waals surface area contributed by atoms with Gasteiger partial charge in [-0.3, -0.25) is 9.59 Å². The summed E-state index contributed by atoms with van der Waals surface area (Å²) in [6, 6.07) is 12.1. The average molecular weight is 676 g/mol. The Morgan fingerprint density at radius 3 is 2.19 bits per heavy atom.